The van der Waals surface area contributed by atoms with Crippen molar-refractivity contribution in [2.75, 3.05) is 12.4 Å². The molecule has 0 aromatic heterocycles. The standard InChI is InChI=1S/C16H15Cl2NO2S/c1-10(22-12-8-6-11(21-2)7-9-12)16(20)19-14-5-3-4-13(17)15(14)18/h3-10H,1-2H3,(H,19,20)/t10-/m0/s1. The maximum atomic E-state index is 12.2. The van der Waals surface area contributed by atoms with Gasteiger partial charge in [0.15, 0.2) is 0 Å². The van der Waals surface area contributed by atoms with E-state index >= 15 is 0 Å². The number of carbonyl (C=O) groups excluding carboxylic acids is 1. The number of hydrogen-bond donors (Lipinski definition) is 1. The Bertz CT molecular complexity index is 662. The maximum absolute atomic E-state index is 12.2. The first kappa shape index (κ1) is 17.0. The third-order valence-electron chi connectivity index (χ3n) is 2.95. The Kier molecular flexibility index (Phi) is 6.00. The Morgan fingerprint density at radius 3 is 2.50 bits per heavy atom. The minimum Gasteiger partial charge on any atom is -0.497 e. The minimum atomic E-state index is -0.275. The average Bonchev–Trinajstić information content (AvgIpc) is 2.52. The second-order valence-corrected chi connectivity index (χ2v) is 6.73. The lowest BCUT2D eigenvalue weighted by atomic mass is 10.3. The van der Waals surface area contributed by atoms with Gasteiger partial charge in [0.2, 0.25) is 5.91 Å². The number of carbonyl (C=O) groups is 1. The van der Waals surface area contributed by atoms with Gasteiger partial charge in [-0.25, -0.2) is 0 Å². The molecular weight excluding hydrogens is 341 g/mol. The van der Waals surface area contributed by atoms with Gasteiger partial charge in [-0.3, -0.25) is 4.79 Å². The van der Waals surface area contributed by atoms with Crippen LogP contribution in [0.15, 0.2) is 47.4 Å². The molecule has 1 amide bonds. The number of hydrogen-bond acceptors (Lipinski definition) is 3. The van der Waals surface area contributed by atoms with Gasteiger partial charge >= 0.3 is 0 Å². The van der Waals surface area contributed by atoms with Crippen molar-refractivity contribution in [1.82, 2.24) is 0 Å². The van der Waals surface area contributed by atoms with E-state index in [9.17, 15) is 4.79 Å². The van der Waals surface area contributed by atoms with Crippen molar-refractivity contribution < 1.29 is 9.53 Å². The first-order valence-corrected chi connectivity index (χ1v) is 8.20. The summed E-state index contributed by atoms with van der Waals surface area (Å²) in [5, 5.41) is 3.28. The lowest BCUT2D eigenvalue weighted by molar-refractivity contribution is -0.115. The van der Waals surface area contributed by atoms with Crippen LogP contribution in [0.2, 0.25) is 10.0 Å². The van der Waals surface area contributed by atoms with Crippen LogP contribution < -0.4 is 10.1 Å². The molecule has 0 aliphatic rings. The molecule has 116 valence electrons. The largest absolute Gasteiger partial charge is 0.497 e. The summed E-state index contributed by atoms with van der Waals surface area (Å²) in [6.07, 6.45) is 0. The monoisotopic (exact) mass is 355 g/mol. The van der Waals surface area contributed by atoms with Gasteiger partial charge in [0, 0.05) is 4.90 Å². The summed E-state index contributed by atoms with van der Waals surface area (Å²) in [7, 11) is 1.62. The molecule has 2 aromatic rings. The molecule has 22 heavy (non-hydrogen) atoms. The van der Waals surface area contributed by atoms with E-state index in [-0.39, 0.29) is 11.2 Å². The van der Waals surface area contributed by atoms with Crippen molar-refractivity contribution >= 4 is 46.6 Å². The van der Waals surface area contributed by atoms with E-state index < -0.39 is 0 Å². The average molecular weight is 356 g/mol. The van der Waals surface area contributed by atoms with Gasteiger partial charge in [0.1, 0.15) is 5.75 Å². The van der Waals surface area contributed by atoms with E-state index in [4.69, 9.17) is 27.9 Å². The molecular formula is C16H15Cl2NO2S. The fraction of sp³-hybridized carbons (Fsp3) is 0.188. The van der Waals surface area contributed by atoms with Gasteiger partial charge in [-0.05, 0) is 43.3 Å². The van der Waals surface area contributed by atoms with Crippen molar-refractivity contribution in [1.29, 1.82) is 0 Å². The van der Waals surface area contributed by atoms with E-state index in [2.05, 4.69) is 5.32 Å². The molecule has 0 aliphatic carbocycles. The molecule has 3 nitrogen and oxygen atoms in total. The highest BCUT2D eigenvalue weighted by molar-refractivity contribution is 8.00. The Hall–Kier alpha value is -1.36. The number of methoxy groups -OCH3 is 1. The van der Waals surface area contributed by atoms with Crippen LogP contribution in [0.3, 0.4) is 0 Å². The highest BCUT2D eigenvalue weighted by Crippen LogP contribution is 2.31. The van der Waals surface area contributed by atoms with Crippen molar-refractivity contribution in [3.8, 4) is 5.75 Å². The molecule has 0 heterocycles. The van der Waals surface area contributed by atoms with Crippen LogP contribution in [0.4, 0.5) is 5.69 Å². The van der Waals surface area contributed by atoms with Crippen LogP contribution in [0.1, 0.15) is 6.92 Å². The summed E-state index contributed by atoms with van der Waals surface area (Å²) in [4.78, 5) is 13.2. The second-order valence-electron chi connectivity index (χ2n) is 4.53. The molecule has 0 unspecified atom stereocenters. The summed E-state index contributed by atoms with van der Waals surface area (Å²) in [5.41, 5.74) is 0.515. The molecule has 2 aromatic carbocycles. The predicted molar refractivity (Wildman–Crippen MR) is 93.4 cm³/mol. The van der Waals surface area contributed by atoms with Gasteiger partial charge in [0.25, 0.3) is 0 Å². The van der Waals surface area contributed by atoms with Gasteiger partial charge < -0.3 is 10.1 Å². The number of halogens is 2. The number of benzene rings is 2. The SMILES string of the molecule is COc1ccc(S[C@@H](C)C(=O)Nc2cccc(Cl)c2Cl)cc1. The topological polar surface area (TPSA) is 38.3 Å². The van der Waals surface area contributed by atoms with Crippen molar-refractivity contribution in [3.05, 3.63) is 52.5 Å². The predicted octanol–water partition coefficient (Wildman–Crippen LogP) is 5.12. The number of ether oxygens (including phenoxy) is 1. The molecule has 0 fully saturated rings. The van der Waals surface area contributed by atoms with Gasteiger partial charge in [-0.2, -0.15) is 0 Å². The minimum absolute atomic E-state index is 0.134. The molecule has 0 saturated carbocycles. The number of nitrogens with one attached hydrogen (secondary N) is 1. The third kappa shape index (κ3) is 4.32. The first-order valence-electron chi connectivity index (χ1n) is 6.57. The molecule has 2 rings (SSSR count). The van der Waals surface area contributed by atoms with E-state index in [0.29, 0.717) is 15.7 Å². The summed E-state index contributed by atoms with van der Waals surface area (Å²) >= 11 is 13.5. The quantitative estimate of drug-likeness (QED) is 0.756. The Labute approximate surface area is 144 Å². The highest BCUT2D eigenvalue weighted by Gasteiger charge is 2.16. The first-order chi connectivity index (χ1) is 10.5. The molecule has 0 bridgehead atoms. The van der Waals surface area contributed by atoms with Gasteiger partial charge in [-0.15, -0.1) is 11.8 Å². The molecule has 0 aliphatic heterocycles. The molecule has 1 atom stereocenters. The number of thioether (sulfide) groups is 1. The molecule has 0 spiro atoms. The third-order valence-corrected chi connectivity index (χ3v) is 4.88. The summed E-state index contributed by atoms with van der Waals surface area (Å²) in [6, 6.07) is 12.7. The van der Waals surface area contributed by atoms with Crippen LogP contribution in [0.5, 0.6) is 5.75 Å². The second kappa shape index (κ2) is 7.77. The number of rotatable bonds is 5. The number of amides is 1. The lowest BCUT2D eigenvalue weighted by Crippen LogP contribution is -2.22. The Morgan fingerprint density at radius 1 is 1.18 bits per heavy atom. The highest BCUT2D eigenvalue weighted by atomic mass is 35.5. The molecule has 6 heteroatoms. The summed E-state index contributed by atoms with van der Waals surface area (Å²) in [6.45, 7) is 1.84. The van der Waals surface area contributed by atoms with Gasteiger partial charge in [-0.1, -0.05) is 29.3 Å². The maximum Gasteiger partial charge on any atom is 0.237 e. The number of anilines is 1. The zero-order chi connectivity index (χ0) is 16.1. The van der Waals surface area contributed by atoms with Crippen LogP contribution >= 0.6 is 35.0 Å². The van der Waals surface area contributed by atoms with Gasteiger partial charge in [0.05, 0.1) is 28.1 Å². The lowest BCUT2D eigenvalue weighted by Gasteiger charge is -2.13. The Balaban J connectivity index is 2.01. The van der Waals surface area contributed by atoms with Crippen molar-refractivity contribution in [2.24, 2.45) is 0 Å². The molecule has 0 radical (unpaired) electrons. The summed E-state index contributed by atoms with van der Waals surface area (Å²) < 4.78 is 5.11. The van der Waals surface area contributed by atoms with Crippen molar-refractivity contribution in [3.63, 3.8) is 0 Å². The Morgan fingerprint density at radius 2 is 1.86 bits per heavy atom. The zero-order valence-electron chi connectivity index (χ0n) is 12.1. The zero-order valence-corrected chi connectivity index (χ0v) is 14.4. The van der Waals surface area contributed by atoms with Crippen LogP contribution in [-0.4, -0.2) is 18.3 Å². The van der Waals surface area contributed by atoms with Crippen LogP contribution in [-0.2, 0) is 4.79 Å². The van der Waals surface area contributed by atoms with Crippen LogP contribution in [0, 0.1) is 0 Å². The fourth-order valence-corrected chi connectivity index (χ4v) is 2.96. The van der Waals surface area contributed by atoms with E-state index in [1.165, 1.54) is 11.8 Å². The fourth-order valence-electron chi connectivity index (χ4n) is 1.75. The molecule has 0 saturated heterocycles. The van der Waals surface area contributed by atoms with Crippen molar-refractivity contribution in [2.45, 2.75) is 17.1 Å². The normalized spacial score (nSPS) is 11.8. The van der Waals surface area contributed by atoms with E-state index in [1.807, 2.05) is 31.2 Å². The van der Waals surface area contributed by atoms with Crippen LogP contribution in [0.25, 0.3) is 0 Å². The van der Waals surface area contributed by atoms with E-state index in [1.54, 1.807) is 25.3 Å². The van der Waals surface area contributed by atoms with E-state index in [0.717, 1.165) is 10.6 Å². The summed E-state index contributed by atoms with van der Waals surface area (Å²) in [5.74, 6) is 0.650. The smallest absolute Gasteiger partial charge is 0.237 e. The molecule has 1 N–H and O–H groups in total.